The Kier molecular flexibility index (Phi) is 19.3. The molecule has 10 heteroatoms. The van der Waals surface area contributed by atoms with Crippen LogP contribution in [0.4, 0.5) is 4.39 Å². The summed E-state index contributed by atoms with van der Waals surface area (Å²) in [5.74, 6) is -0.207. The van der Waals surface area contributed by atoms with Crippen LogP contribution in [0, 0.1) is 12.7 Å². The number of carbonyl (C=O) groups is 3. The zero-order valence-corrected chi connectivity index (χ0v) is 27.7. The molecule has 0 fully saturated rings. The summed E-state index contributed by atoms with van der Waals surface area (Å²) in [4.78, 5) is 38.6. The lowest BCUT2D eigenvalue weighted by atomic mass is 10.1. The van der Waals surface area contributed by atoms with E-state index in [1.165, 1.54) is 6.42 Å². The van der Waals surface area contributed by atoms with Crippen LogP contribution in [0.25, 0.3) is 0 Å². The van der Waals surface area contributed by atoms with Crippen LogP contribution in [-0.4, -0.2) is 81.6 Å². The lowest BCUT2D eigenvalue weighted by molar-refractivity contribution is -0.130. The Morgan fingerprint density at radius 2 is 1.68 bits per heavy atom. The zero-order chi connectivity index (χ0) is 32.9. The monoisotopic (exact) mass is 615 g/mol. The molecule has 3 rings (SSSR count). The number of ether oxygens (including phenoxy) is 1. The summed E-state index contributed by atoms with van der Waals surface area (Å²) >= 11 is 0. The normalized spacial score (nSPS) is 18.3. The van der Waals surface area contributed by atoms with E-state index >= 15 is 0 Å². The van der Waals surface area contributed by atoms with Gasteiger partial charge in [-0.25, -0.2) is 4.39 Å². The molecule has 44 heavy (non-hydrogen) atoms. The van der Waals surface area contributed by atoms with Gasteiger partial charge in [0, 0.05) is 19.1 Å². The Hall–Kier alpha value is -3.50. The van der Waals surface area contributed by atoms with Gasteiger partial charge >= 0.3 is 0 Å². The smallest absolute Gasteiger partial charge is 0.243 e. The van der Waals surface area contributed by atoms with E-state index in [4.69, 9.17) is 4.74 Å². The fraction of sp³-hybridized carbons (Fsp3) is 0.559. The first-order valence-corrected chi connectivity index (χ1v) is 15.7. The van der Waals surface area contributed by atoms with Crippen molar-refractivity contribution in [2.75, 3.05) is 46.9 Å². The predicted molar refractivity (Wildman–Crippen MR) is 175 cm³/mol. The minimum absolute atomic E-state index is 0.0414. The van der Waals surface area contributed by atoms with Crippen LogP contribution in [0.1, 0.15) is 63.6 Å². The number of hydrogen-bond acceptors (Lipinski definition) is 6. The second-order valence-corrected chi connectivity index (χ2v) is 11.3. The molecule has 9 nitrogen and oxygen atoms in total. The Bertz CT molecular complexity index is 1140. The highest BCUT2D eigenvalue weighted by atomic mass is 19.1. The summed E-state index contributed by atoms with van der Waals surface area (Å²) in [6.07, 6.45) is 4.59. The van der Waals surface area contributed by atoms with E-state index in [1.807, 2.05) is 69.2 Å². The highest BCUT2D eigenvalue weighted by Gasteiger charge is 2.21. The second-order valence-electron chi connectivity index (χ2n) is 11.3. The maximum atomic E-state index is 13.0. The summed E-state index contributed by atoms with van der Waals surface area (Å²) in [6.45, 7) is 11.3. The lowest BCUT2D eigenvalue weighted by Crippen LogP contribution is -2.54. The van der Waals surface area contributed by atoms with Crippen molar-refractivity contribution in [3.63, 3.8) is 0 Å². The molecule has 0 aromatic heterocycles. The number of amides is 3. The summed E-state index contributed by atoms with van der Waals surface area (Å²) in [5.41, 5.74) is 2.89. The summed E-state index contributed by atoms with van der Waals surface area (Å²) in [6, 6.07) is 12.5. The molecule has 3 amide bonds. The molecule has 1 aliphatic heterocycles. The highest BCUT2D eigenvalue weighted by Crippen LogP contribution is 2.19. The first kappa shape index (κ1) is 38.5. The van der Waals surface area contributed by atoms with E-state index in [1.54, 1.807) is 6.07 Å². The third-order valence-corrected chi connectivity index (χ3v) is 6.37. The summed E-state index contributed by atoms with van der Waals surface area (Å²) < 4.78 is 19.0. The van der Waals surface area contributed by atoms with Gasteiger partial charge in [0.1, 0.15) is 24.2 Å². The molecule has 0 bridgehead atoms. The van der Waals surface area contributed by atoms with E-state index in [2.05, 4.69) is 42.0 Å². The number of likely N-dealkylation sites (N-methyl/N-ethyl adjacent to an activating group) is 1. The average molecular weight is 616 g/mol. The number of fused-ring (bicyclic) bond motifs is 1. The van der Waals surface area contributed by atoms with Gasteiger partial charge in [-0.15, -0.1) is 0 Å². The number of carbonyl (C=O) groups excluding carboxylic acids is 3. The van der Waals surface area contributed by atoms with E-state index in [0.717, 1.165) is 48.1 Å². The van der Waals surface area contributed by atoms with Gasteiger partial charge in [0.2, 0.25) is 17.7 Å². The van der Waals surface area contributed by atoms with Crippen LogP contribution < -0.4 is 26.0 Å². The quantitative estimate of drug-likeness (QED) is 0.417. The van der Waals surface area contributed by atoms with Gasteiger partial charge in [-0.2, -0.15) is 0 Å². The third-order valence-electron chi connectivity index (χ3n) is 6.37. The predicted octanol–water partition coefficient (Wildman–Crippen LogP) is 3.77. The van der Waals surface area contributed by atoms with Crippen molar-refractivity contribution in [3.8, 4) is 5.75 Å². The van der Waals surface area contributed by atoms with Crippen molar-refractivity contribution in [2.24, 2.45) is 0 Å². The van der Waals surface area contributed by atoms with Crippen molar-refractivity contribution >= 4 is 17.7 Å². The fourth-order valence-corrected chi connectivity index (χ4v) is 4.18. The van der Waals surface area contributed by atoms with E-state index in [-0.39, 0.29) is 36.8 Å². The van der Waals surface area contributed by atoms with Gasteiger partial charge in [0.15, 0.2) is 0 Å². The van der Waals surface area contributed by atoms with Gasteiger partial charge < -0.3 is 30.9 Å². The molecule has 2 atom stereocenters. The van der Waals surface area contributed by atoms with Crippen LogP contribution in [0.5, 0.6) is 5.75 Å². The number of nitrogens with zero attached hydrogens (tertiary/aromatic N) is 1. The Morgan fingerprint density at radius 1 is 0.977 bits per heavy atom. The SMILES string of the molecule is CCC.CCCc1ccc(C)cc1F.C[C@H]1COc2ccccc2CCCNC(=O)C(CN(C)C)NC(=O)CNC(=O)CN1. The number of halogens is 1. The molecule has 4 N–H and O–H groups in total. The van der Waals surface area contributed by atoms with Gasteiger partial charge in [0.05, 0.1) is 13.1 Å². The molecular weight excluding hydrogens is 561 g/mol. The van der Waals surface area contributed by atoms with Gasteiger partial charge in [-0.1, -0.05) is 63.9 Å². The van der Waals surface area contributed by atoms with Gasteiger partial charge in [-0.05, 0) is 76.0 Å². The number of rotatable bonds is 4. The van der Waals surface area contributed by atoms with Crippen molar-refractivity contribution < 1.29 is 23.5 Å². The van der Waals surface area contributed by atoms with Crippen LogP contribution >= 0.6 is 0 Å². The Morgan fingerprint density at radius 3 is 2.34 bits per heavy atom. The molecule has 0 saturated carbocycles. The maximum Gasteiger partial charge on any atom is 0.243 e. The zero-order valence-electron chi connectivity index (χ0n) is 27.7. The molecule has 0 aliphatic carbocycles. The number of hydrogen-bond donors (Lipinski definition) is 4. The molecule has 2 aromatic carbocycles. The number of aryl methyl sites for hydroxylation is 3. The number of para-hydroxylation sites is 1. The minimum atomic E-state index is -0.697. The van der Waals surface area contributed by atoms with Crippen molar-refractivity contribution in [1.29, 1.82) is 0 Å². The Balaban J connectivity index is 0.000000571. The fourth-order valence-electron chi connectivity index (χ4n) is 4.18. The van der Waals surface area contributed by atoms with Crippen molar-refractivity contribution in [2.45, 2.75) is 78.8 Å². The number of benzene rings is 2. The standard InChI is InChI=1S/C21H33N5O4.C10H13F.C3H8/c1-15-14-30-18-9-5-4-7-16(18)8-6-10-22-21(29)17(13-26(2)3)25-20(28)12-24-19(27)11-23-15;1-3-4-9-6-5-8(2)7-10(9)11;1-3-2/h4-5,7,9,15,17,23H,6,8,10-14H2,1-3H3,(H,22,29)(H,24,27)(H,25,28);5-7H,3-4H2,1-2H3;3H2,1-2H3/t15-,17?;;/m0../s1. The molecular formula is C34H54FN5O4. The molecule has 246 valence electrons. The van der Waals surface area contributed by atoms with Crippen LogP contribution in [0.2, 0.25) is 0 Å². The molecule has 1 aliphatic rings. The minimum Gasteiger partial charge on any atom is -0.492 e. The molecule has 1 heterocycles. The highest BCUT2D eigenvalue weighted by molar-refractivity contribution is 5.90. The van der Waals surface area contributed by atoms with Crippen molar-refractivity contribution in [3.05, 3.63) is 65.0 Å². The summed E-state index contributed by atoms with van der Waals surface area (Å²) in [5, 5.41) is 11.2. The molecule has 0 spiro atoms. The summed E-state index contributed by atoms with van der Waals surface area (Å²) in [7, 11) is 3.66. The van der Waals surface area contributed by atoms with E-state index in [9.17, 15) is 18.8 Å². The van der Waals surface area contributed by atoms with Crippen LogP contribution in [0.3, 0.4) is 0 Å². The Labute approximate surface area is 263 Å². The second kappa shape index (κ2) is 22.1. The lowest BCUT2D eigenvalue weighted by Gasteiger charge is -2.22. The third kappa shape index (κ3) is 16.4. The van der Waals surface area contributed by atoms with E-state index in [0.29, 0.717) is 19.7 Å². The van der Waals surface area contributed by atoms with Gasteiger partial charge in [0.25, 0.3) is 0 Å². The van der Waals surface area contributed by atoms with E-state index < -0.39 is 11.9 Å². The first-order valence-electron chi connectivity index (χ1n) is 15.7. The van der Waals surface area contributed by atoms with Crippen LogP contribution in [-0.2, 0) is 27.2 Å². The molecule has 1 unspecified atom stereocenters. The number of nitrogens with one attached hydrogen (secondary N) is 4. The molecule has 0 radical (unpaired) electrons. The van der Waals surface area contributed by atoms with Crippen molar-refractivity contribution in [1.82, 2.24) is 26.2 Å². The largest absolute Gasteiger partial charge is 0.492 e. The molecule has 2 aromatic rings. The maximum absolute atomic E-state index is 13.0. The first-order chi connectivity index (χ1) is 21.0. The average Bonchev–Trinajstić information content (AvgIpc) is 2.97. The van der Waals surface area contributed by atoms with Gasteiger partial charge in [-0.3, -0.25) is 14.4 Å². The van der Waals surface area contributed by atoms with Crippen LogP contribution in [0.15, 0.2) is 42.5 Å². The topological polar surface area (TPSA) is 112 Å². The molecule has 0 saturated heterocycles.